The Morgan fingerprint density at radius 2 is 0.582 bits per heavy atom. The number of H-pyrrole nitrogens is 4. The van der Waals surface area contributed by atoms with E-state index in [1.807, 2.05) is 61.5 Å². The Bertz CT molecular complexity index is 6960. The largest absolute Gasteiger partial charge is 0.417 e. The number of hydrogen-bond acceptors (Lipinski definition) is 16. The molecular weight excluding hydrogens is 1640 g/mol. The molecule has 8 heterocycles. The molecule has 0 amide bonds. The fourth-order valence-corrected chi connectivity index (χ4v) is 14.2. The summed E-state index contributed by atoms with van der Waals surface area (Å²) in [5.74, 6) is 1.96. The van der Waals surface area contributed by atoms with Crippen LogP contribution in [0.5, 0.6) is 0 Å². The lowest BCUT2D eigenvalue weighted by molar-refractivity contribution is -0.137. The minimum atomic E-state index is -4.56. The normalized spacial score (nSPS) is 11.7. The van der Waals surface area contributed by atoms with Gasteiger partial charge < -0.3 is 21.3 Å². The molecule has 8 N–H and O–H groups in total. The molecule has 122 heavy (non-hydrogen) atoms. The molecule has 0 atom stereocenters. The Morgan fingerprint density at radius 3 is 0.967 bits per heavy atom. The molecule has 604 valence electrons. The highest BCUT2D eigenvalue weighted by Crippen LogP contribution is 2.43. The molecule has 0 saturated heterocycles. The van der Waals surface area contributed by atoms with E-state index in [9.17, 15) is 52.7 Å². The van der Waals surface area contributed by atoms with Gasteiger partial charge in [0.1, 0.15) is 46.2 Å². The number of aryl methyl sites for hydroxylation is 1. The number of hydrogen-bond donors (Lipinski definition) is 8. The lowest BCUT2D eigenvalue weighted by Crippen LogP contribution is -2.08. The molecule has 0 aliphatic rings. The minimum absolute atomic E-state index is 0.00912. The average Bonchev–Trinajstić information content (AvgIpc) is 1.74. The Labute approximate surface area is 689 Å². The fourth-order valence-electron chi connectivity index (χ4n) is 13.6. The molecule has 0 aliphatic heterocycles. The van der Waals surface area contributed by atoms with Crippen molar-refractivity contribution >= 4 is 157 Å². The number of para-hydroxylation sites is 5. The van der Waals surface area contributed by atoms with Gasteiger partial charge in [-0.2, -0.15) is 59.9 Å². The first-order valence-corrected chi connectivity index (χ1v) is 37.5. The second kappa shape index (κ2) is 32.6. The molecule has 20 aromatic rings. The SMILES string of the molecule is Cc1ccc2[nH]nc(Nc3nc(-c4ccccc4C(F)(F)F)nc4ccccc34)c2c1.Fc1ccc2[nH]nc(Nc3nc(-c4c(Cl)cccc4Cl)nc4ccccc34)c2c1.Fc1ccc2[nH]nc(Nc3nc(-c4ccccc4C(F)(F)F)nc4ccccc34)c2c1.Fc1cccc2c(Nc3nc(-c4ccccc4C(F)(F)F)nc4ccccc34)n[nH]c12. The zero-order chi connectivity index (χ0) is 84.7. The molecule has 20 nitrogen and oxygen atoms in total. The summed E-state index contributed by atoms with van der Waals surface area (Å²) in [6.45, 7) is 1.97. The van der Waals surface area contributed by atoms with Crippen molar-refractivity contribution in [1.82, 2.24) is 80.7 Å². The molecule has 0 spiro atoms. The Balaban J connectivity index is 0.000000116. The van der Waals surface area contributed by atoms with E-state index in [0.717, 1.165) is 40.1 Å². The molecular formula is C88H54Cl2F12N20. The second-order valence-electron chi connectivity index (χ2n) is 27.3. The summed E-state index contributed by atoms with van der Waals surface area (Å²) >= 11 is 12.7. The zero-order valence-electron chi connectivity index (χ0n) is 62.5. The van der Waals surface area contributed by atoms with Gasteiger partial charge in [-0.05, 0) is 146 Å². The lowest BCUT2D eigenvalue weighted by atomic mass is 10.1. The molecule has 0 aliphatic carbocycles. The molecule has 0 saturated carbocycles. The van der Waals surface area contributed by atoms with Crippen LogP contribution in [0.4, 0.5) is 99.2 Å². The van der Waals surface area contributed by atoms with Gasteiger partial charge in [-0.15, -0.1) is 0 Å². The number of halogens is 14. The summed E-state index contributed by atoms with van der Waals surface area (Å²) in [7, 11) is 0. The number of nitrogens with zero attached hydrogens (tertiary/aromatic N) is 12. The molecule has 12 aromatic carbocycles. The first-order valence-electron chi connectivity index (χ1n) is 36.8. The highest BCUT2D eigenvalue weighted by molar-refractivity contribution is 6.39. The number of aromatic amines is 4. The number of benzene rings is 12. The van der Waals surface area contributed by atoms with E-state index in [1.165, 1.54) is 78.9 Å². The van der Waals surface area contributed by atoms with E-state index in [1.54, 1.807) is 109 Å². The third kappa shape index (κ3) is 16.4. The molecule has 0 unspecified atom stereocenters. The predicted octanol–water partition coefficient (Wildman–Crippen LogP) is 24.8. The van der Waals surface area contributed by atoms with Crippen LogP contribution in [-0.4, -0.2) is 80.7 Å². The lowest BCUT2D eigenvalue weighted by Gasteiger charge is -2.14. The number of anilines is 8. The fraction of sp³-hybridized carbons (Fsp3) is 0.0455. The van der Waals surface area contributed by atoms with Crippen LogP contribution in [0, 0.1) is 24.4 Å². The van der Waals surface area contributed by atoms with Crippen molar-refractivity contribution in [2.75, 3.05) is 21.3 Å². The highest BCUT2D eigenvalue weighted by Gasteiger charge is 2.37. The van der Waals surface area contributed by atoms with E-state index in [2.05, 4.69) is 102 Å². The van der Waals surface area contributed by atoms with Crippen molar-refractivity contribution in [2.45, 2.75) is 25.5 Å². The summed E-state index contributed by atoms with van der Waals surface area (Å²) in [6, 6.07) is 68.4. The smallest absolute Gasteiger partial charge is 0.322 e. The second-order valence-corrected chi connectivity index (χ2v) is 28.1. The van der Waals surface area contributed by atoms with E-state index in [4.69, 9.17) is 23.2 Å². The summed E-state index contributed by atoms with van der Waals surface area (Å²) in [5, 5.41) is 46.5. The monoisotopic (exact) mass is 1690 g/mol. The molecule has 0 radical (unpaired) electrons. The van der Waals surface area contributed by atoms with Gasteiger partial charge in [-0.1, -0.05) is 150 Å². The highest BCUT2D eigenvalue weighted by atomic mass is 35.5. The quantitative estimate of drug-likeness (QED) is 0.0529. The van der Waals surface area contributed by atoms with Crippen molar-refractivity contribution in [2.24, 2.45) is 0 Å². The summed E-state index contributed by atoms with van der Waals surface area (Å²) in [6.07, 6.45) is -13.6. The maximum Gasteiger partial charge on any atom is 0.417 e. The number of alkyl halides is 9. The topological polar surface area (TPSA) is 266 Å². The van der Waals surface area contributed by atoms with Gasteiger partial charge in [0.05, 0.1) is 70.9 Å². The Morgan fingerprint density at radius 1 is 0.279 bits per heavy atom. The van der Waals surface area contributed by atoms with Crippen molar-refractivity contribution in [3.63, 3.8) is 0 Å². The van der Waals surface area contributed by atoms with E-state index >= 15 is 0 Å². The minimum Gasteiger partial charge on any atom is -0.322 e. The number of aromatic nitrogens is 16. The third-order valence-electron chi connectivity index (χ3n) is 19.3. The number of rotatable bonds is 12. The summed E-state index contributed by atoms with van der Waals surface area (Å²) < 4.78 is 163. The van der Waals surface area contributed by atoms with Crippen LogP contribution in [-0.2, 0) is 18.5 Å². The van der Waals surface area contributed by atoms with Crippen LogP contribution in [0.3, 0.4) is 0 Å². The van der Waals surface area contributed by atoms with Crippen LogP contribution < -0.4 is 21.3 Å². The van der Waals surface area contributed by atoms with Crippen LogP contribution in [0.2, 0.25) is 10.0 Å². The Kier molecular flexibility index (Phi) is 21.2. The molecule has 0 fully saturated rings. The maximum absolute atomic E-state index is 14.0. The van der Waals surface area contributed by atoms with Gasteiger partial charge >= 0.3 is 18.5 Å². The average molecular weight is 1690 g/mol. The van der Waals surface area contributed by atoms with Gasteiger partial charge in [-0.3, -0.25) is 20.4 Å². The van der Waals surface area contributed by atoms with Gasteiger partial charge in [0.2, 0.25) is 0 Å². The van der Waals surface area contributed by atoms with Crippen molar-refractivity contribution in [1.29, 1.82) is 0 Å². The van der Waals surface area contributed by atoms with Crippen molar-refractivity contribution in [3.8, 4) is 45.6 Å². The predicted molar refractivity (Wildman–Crippen MR) is 447 cm³/mol. The first-order chi connectivity index (χ1) is 58.8. The third-order valence-corrected chi connectivity index (χ3v) is 19.9. The van der Waals surface area contributed by atoms with Crippen LogP contribution in [0.25, 0.3) is 133 Å². The molecule has 8 aromatic heterocycles. The van der Waals surface area contributed by atoms with Crippen LogP contribution in [0.15, 0.2) is 261 Å². The van der Waals surface area contributed by atoms with E-state index < -0.39 is 46.9 Å². The van der Waals surface area contributed by atoms with Gasteiger partial charge in [0.25, 0.3) is 0 Å². The van der Waals surface area contributed by atoms with Crippen LogP contribution >= 0.6 is 23.2 Å². The number of fused-ring (bicyclic) bond motifs is 8. The summed E-state index contributed by atoms with van der Waals surface area (Å²) in [4.78, 5) is 35.6. The van der Waals surface area contributed by atoms with Gasteiger partial charge in [-0.25, -0.2) is 53.0 Å². The van der Waals surface area contributed by atoms with Crippen LogP contribution in [0.1, 0.15) is 22.3 Å². The summed E-state index contributed by atoms with van der Waals surface area (Å²) in [5.41, 5.74) is 3.33. The zero-order valence-corrected chi connectivity index (χ0v) is 64.0. The molecule has 0 bridgehead atoms. The van der Waals surface area contributed by atoms with Crippen molar-refractivity contribution < 1.29 is 52.7 Å². The molecule has 20 rings (SSSR count). The van der Waals surface area contributed by atoms with E-state index in [-0.39, 0.29) is 57.1 Å². The molecule has 34 heteroatoms. The first kappa shape index (κ1) is 79.3. The Hall–Kier alpha value is -15.2. The number of nitrogens with one attached hydrogen (secondary N) is 8. The van der Waals surface area contributed by atoms with Gasteiger partial charge in [0.15, 0.2) is 46.6 Å². The maximum atomic E-state index is 14.0. The standard InChI is InChI=1S/C23H16F3N5.2C22H13F4N5.C21H12Cl2FN5/c1-13-10-11-19-16(12-13)22(31-30-19)29-21-15-7-3-5-9-18(15)27-20(28-21)14-6-2-4-8-17(14)23(24,25)26;23-16-10-5-8-14-18(16)30-31-21(14)29-20-13-7-2-4-11-17(13)27-19(28-20)12-6-1-3-9-15(12)22(24,25)26;23-12-9-10-18-15(11-12)21(31-30-18)29-20-14-6-2-4-8-17(14)27-19(28-20)13-5-1-3-7-16(13)22(24,25)26;22-14-5-3-6-15(23)18(14)21-25-16-7-2-1-4-12(16)19(27-21)26-20-13-10-11(24)8-9-17(13)28-29-20/h2-12H,1H3,(H2,27,28,29,30,31);2*1-11H,(H2,27,28,29,30,31);1-10H,(H2,25,26,27,28,29). The van der Waals surface area contributed by atoms with Crippen molar-refractivity contribution in [3.05, 3.63) is 311 Å². The van der Waals surface area contributed by atoms with Gasteiger partial charge in [0, 0.05) is 59.8 Å². The van der Waals surface area contributed by atoms with E-state index in [0.29, 0.717) is 122 Å².